The fraction of sp³-hybridized carbons (Fsp3) is 0.120. The van der Waals surface area contributed by atoms with Crippen molar-refractivity contribution in [2.45, 2.75) is 13.5 Å². The van der Waals surface area contributed by atoms with E-state index in [0.29, 0.717) is 44.4 Å². The fourth-order valence-corrected chi connectivity index (χ4v) is 3.51. The van der Waals surface area contributed by atoms with Gasteiger partial charge in [0.2, 0.25) is 0 Å². The smallest absolute Gasteiger partial charge is 0.266 e. The van der Waals surface area contributed by atoms with Crippen molar-refractivity contribution in [3.05, 3.63) is 92.7 Å². The van der Waals surface area contributed by atoms with Crippen molar-refractivity contribution in [1.82, 2.24) is 0 Å². The molecular weight excluding hydrogens is 511 g/mol. The van der Waals surface area contributed by atoms with Gasteiger partial charge in [-0.2, -0.15) is 5.26 Å². The number of carbonyl (C=O) groups is 1. The van der Waals surface area contributed by atoms with Gasteiger partial charge in [-0.3, -0.25) is 4.79 Å². The second-order valence-corrected chi connectivity index (χ2v) is 8.04. The molecule has 0 saturated heterocycles. The molecule has 0 radical (unpaired) electrons. The third kappa shape index (κ3) is 6.58. The molecule has 0 aliphatic carbocycles. The molecule has 0 unspecified atom stereocenters. The lowest BCUT2D eigenvalue weighted by atomic mass is 10.1. The van der Waals surface area contributed by atoms with E-state index in [4.69, 9.17) is 21.1 Å². The van der Waals surface area contributed by atoms with E-state index in [1.165, 1.54) is 18.2 Å². The van der Waals surface area contributed by atoms with Crippen LogP contribution in [-0.4, -0.2) is 12.5 Å². The van der Waals surface area contributed by atoms with Gasteiger partial charge in [-0.1, -0.05) is 51.8 Å². The van der Waals surface area contributed by atoms with Crippen LogP contribution in [0.5, 0.6) is 11.5 Å². The molecule has 8 heteroatoms. The molecule has 168 valence electrons. The molecule has 0 aliphatic rings. The van der Waals surface area contributed by atoms with Gasteiger partial charge in [-0.05, 0) is 60.5 Å². The Morgan fingerprint density at radius 1 is 1.15 bits per heavy atom. The molecule has 5 nitrogen and oxygen atoms in total. The number of rotatable bonds is 8. The molecule has 1 N–H and O–H groups in total. The van der Waals surface area contributed by atoms with Gasteiger partial charge < -0.3 is 14.8 Å². The monoisotopic (exact) mass is 528 g/mol. The van der Waals surface area contributed by atoms with Crippen molar-refractivity contribution in [2.75, 3.05) is 11.9 Å². The molecule has 0 aliphatic heterocycles. The van der Waals surface area contributed by atoms with E-state index in [-0.39, 0.29) is 18.0 Å². The summed E-state index contributed by atoms with van der Waals surface area (Å²) >= 11 is 9.53. The van der Waals surface area contributed by atoms with Crippen LogP contribution in [0.25, 0.3) is 6.08 Å². The van der Waals surface area contributed by atoms with Crippen LogP contribution in [0.4, 0.5) is 10.1 Å². The maximum absolute atomic E-state index is 13.4. The summed E-state index contributed by atoms with van der Waals surface area (Å²) in [7, 11) is 0. The largest absolute Gasteiger partial charge is 0.490 e. The molecule has 3 aromatic carbocycles. The van der Waals surface area contributed by atoms with Gasteiger partial charge in [0.15, 0.2) is 11.5 Å². The van der Waals surface area contributed by atoms with Gasteiger partial charge in [0.25, 0.3) is 5.91 Å². The average molecular weight is 530 g/mol. The van der Waals surface area contributed by atoms with Crippen molar-refractivity contribution in [1.29, 1.82) is 5.26 Å². The van der Waals surface area contributed by atoms with Crippen molar-refractivity contribution in [2.24, 2.45) is 0 Å². The molecule has 3 rings (SSSR count). The summed E-state index contributed by atoms with van der Waals surface area (Å²) in [6.45, 7) is 2.34. The zero-order chi connectivity index (χ0) is 23.8. The minimum absolute atomic E-state index is 0.119. The first kappa shape index (κ1) is 24.3. The van der Waals surface area contributed by atoms with E-state index in [2.05, 4.69) is 21.2 Å². The Bertz CT molecular complexity index is 1240. The van der Waals surface area contributed by atoms with E-state index in [1.807, 2.05) is 13.0 Å². The van der Waals surface area contributed by atoms with E-state index in [1.54, 1.807) is 48.5 Å². The Morgan fingerprint density at radius 2 is 1.91 bits per heavy atom. The van der Waals surface area contributed by atoms with Gasteiger partial charge in [0.05, 0.1) is 17.3 Å². The number of para-hydroxylation sites is 1. The van der Waals surface area contributed by atoms with E-state index in [0.717, 1.165) is 0 Å². The van der Waals surface area contributed by atoms with E-state index >= 15 is 0 Å². The summed E-state index contributed by atoms with van der Waals surface area (Å²) in [5.41, 5.74) is 1.50. The summed E-state index contributed by atoms with van der Waals surface area (Å²) in [5, 5.41) is 12.5. The Hall–Kier alpha value is -3.34. The quantitative estimate of drug-likeness (QED) is 0.258. The number of ether oxygens (including phenoxy) is 2. The van der Waals surface area contributed by atoms with Gasteiger partial charge in [-0.15, -0.1) is 0 Å². The zero-order valence-corrected chi connectivity index (χ0v) is 19.9. The number of halogens is 3. The predicted molar refractivity (Wildman–Crippen MR) is 130 cm³/mol. The zero-order valence-electron chi connectivity index (χ0n) is 17.6. The fourth-order valence-electron chi connectivity index (χ4n) is 2.89. The molecule has 33 heavy (non-hydrogen) atoms. The lowest BCUT2D eigenvalue weighted by Gasteiger charge is -2.14. The minimum Gasteiger partial charge on any atom is -0.490 e. The lowest BCUT2D eigenvalue weighted by Crippen LogP contribution is -2.13. The number of benzene rings is 3. The van der Waals surface area contributed by atoms with Crippen LogP contribution in [0.3, 0.4) is 0 Å². The molecule has 3 aromatic rings. The first-order valence-corrected chi connectivity index (χ1v) is 11.1. The number of nitrogens with zero attached hydrogens (tertiary/aromatic N) is 1. The number of amides is 1. The minimum atomic E-state index is -0.595. The van der Waals surface area contributed by atoms with Crippen LogP contribution in [0.15, 0.2) is 70.7 Å². The third-order valence-corrected chi connectivity index (χ3v) is 5.45. The van der Waals surface area contributed by atoms with Crippen molar-refractivity contribution in [3.63, 3.8) is 0 Å². The van der Waals surface area contributed by atoms with Gasteiger partial charge >= 0.3 is 0 Å². The van der Waals surface area contributed by atoms with Crippen molar-refractivity contribution in [3.8, 4) is 17.6 Å². The second kappa shape index (κ2) is 11.5. The van der Waals surface area contributed by atoms with E-state index in [9.17, 15) is 14.4 Å². The van der Waals surface area contributed by atoms with Crippen LogP contribution >= 0.6 is 27.5 Å². The highest BCUT2D eigenvalue weighted by molar-refractivity contribution is 9.10. The van der Waals surface area contributed by atoms with Crippen LogP contribution in [0.1, 0.15) is 18.1 Å². The Labute approximate surface area is 204 Å². The number of nitriles is 1. The van der Waals surface area contributed by atoms with Gasteiger partial charge in [-0.25, -0.2) is 4.39 Å². The van der Waals surface area contributed by atoms with Crippen molar-refractivity contribution >= 4 is 45.2 Å². The first-order chi connectivity index (χ1) is 15.9. The third-order valence-electron chi connectivity index (χ3n) is 4.43. The molecule has 0 heterocycles. The summed E-state index contributed by atoms with van der Waals surface area (Å²) in [5.74, 6) is -0.0832. The molecule has 0 atom stereocenters. The van der Waals surface area contributed by atoms with Crippen molar-refractivity contribution < 1.29 is 18.7 Å². The predicted octanol–water partition coefficient (Wildman–Crippen LogP) is 6.76. The van der Waals surface area contributed by atoms with Crippen LogP contribution in [0.2, 0.25) is 5.02 Å². The number of hydrogen-bond donors (Lipinski definition) is 1. The molecule has 0 bridgehead atoms. The normalized spacial score (nSPS) is 10.9. The number of nitrogens with one attached hydrogen (secondary N) is 1. The highest BCUT2D eigenvalue weighted by atomic mass is 79.9. The molecular formula is C25H19BrClFN2O3. The maximum atomic E-state index is 13.4. The lowest BCUT2D eigenvalue weighted by molar-refractivity contribution is -0.112. The molecule has 0 aromatic heterocycles. The Balaban J connectivity index is 1.86. The Kier molecular flexibility index (Phi) is 8.47. The molecule has 1 amide bonds. The maximum Gasteiger partial charge on any atom is 0.266 e. The standard InChI is InChI=1S/C25H19BrClFN2O3/c1-2-32-23-12-17(11-18(14-29)25(31)30-22-9-4-3-8-21(22)27)20(26)13-24(23)33-15-16-6-5-7-19(28)10-16/h3-13H,2,15H2,1H3,(H,30,31)/b18-11+. The number of carbonyl (C=O) groups excluding carboxylic acids is 1. The average Bonchev–Trinajstić information content (AvgIpc) is 2.79. The van der Waals surface area contributed by atoms with Crippen LogP contribution in [-0.2, 0) is 11.4 Å². The highest BCUT2D eigenvalue weighted by Crippen LogP contribution is 2.35. The topological polar surface area (TPSA) is 71.3 Å². The summed E-state index contributed by atoms with van der Waals surface area (Å²) in [4.78, 5) is 12.6. The highest BCUT2D eigenvalue weighted by Gasteiger charge is 2.15. The molecule has 0 saturated carbocycles. The van der Waals surface area contributed by atoms with Crippen LogP contribution < -0.4 is 14.8 Å². The van der Waals surface area contributed by atoms with Gasteiger partial charge in [0, 0.05) is 4.47 Å². The van der Waals surface area contributed by atoms with Crippen LogP contribution in [0, 0.1) is 17.1 Å². The summed E-state index contributed by atoms with van der Waals surface area (Å²) in [6.07, 6.45) is 1.44. The van der Waals surface area contributed by atoms with Gasteiger partial charge in [0.1, 0.15) is 24.1 Å². The summed E-state index contributed by atoms with van der Waals surface area (Å²) in [6, 6.07) is 18.1. The number of anilines is 1. The molecule has 0 spiro atoms. The summed E-state index contributed by atoms with van der Waals surface area (Å²) < 4.78 is 25.5. The first-order valence-electron chi connectivity index (χ1n) is 9.92. The van der Waals surface area contributed by atoms with E-state index < -0.39 is 5.91 Å². The second-order valence-electron chi connectivity index (χ2n) is 6.78. The SMILES string of the molecule is CCOc1cc(/C=C(\C#N)C(=O)Nc2ccccc2Cl)c(Br)cc1OCc1cccc(F)c1. The number of hydrogen-bond acceptors (Lipinski definition) is 4. The Morgan fingerprint density at radius 3 is 2.61 bits per heavy atom. The molecule has 0 fully saturated rings.